The highest BCUT2D eigenvalue weighted by Crippen LogP contribution is 2.45. The van der Waals surface area contributed by atoms with Gasteiger partial charge in [0.05, 0.1) is 11.4 Å². The van der Waals surface area contributed by atoms with Crippen LogP contribution in [-0.2, 0) is 7.05 Å². The van der Waals surface area contributed by atoms with Crippen LogP contribution in [0.2, 0.25) is 0 Å². The van der Waals surface area contributed by atoms with Gasteiger partial charge in [0.2, 0.25) is 0 Å². The topological polar surface area (TPSA) is 29.9 Å². The monoisotopic (exact) mass is 231 g/mol. The molecule has 4 unspecified atom stereocenters. The summed E-state index contributed by atoms with van der Waals surface area (Å²) in [5.74, 6) is 2.45. The van der Waals surface area contributed by atoms with Crippen molar-refractivity contribution in [3.05, 3.63) is 24.0 Å². The van der Waals surface area contributed by atoms with Gasteiger partial charge in [0.1, 0.15) is 0 Å². The average molecular weight is 231 g/mol. The molecule has 0 aliphatic heterocycles. The van der Waals surface area contributed by atoms with Gasteiger partial charge in [0, 0.05) is 19.3 Å². The minimum atomic E-state index is 0.540. The first kappa shape index (κ1) is 10.9. The van der Waals surface area contributed by atoms with Crippen molar-refractivity contribution < 1.29 is 0 Å². The quantitative estimate of drug-likeness (QED) is 0.811. The third-order valence-corrected chi connectivity index (χ3v) is 4.37. The molecule has 0 spiro atoms. The largest absolute Gasteiger partial charge is 0.380 e. The zero-order valence-electron chi connectivity index (χ0n) is 10.9. The standard InChI is InChI=1S/C14H21N3/c1-9(13-7-11-4-5-12(13)6-11)15-14-8-17(3)16-10(14)2/h4-5,8-9,11-13,15H,6-7H2,1-3H3. The van der Waals surface area contributed by atoms with Crippen molar-refractivity contribution in [2.45, 2.75) is 32.7 Å². The second kappa shape index (κ2) is 3.90. The number of nitrogens with one attached hydrogen (secondary N) is 1. The summed E-state index contributed by atoms with van der Waals surface area (Å²) in [4.78, 5) is 0. The molecule has 1 aromatic rings. The molecule has 0 saturated heterocycles. The number of hydrogen-bond acceptors (Lipinski definition) is 2. The average Bonchev–Trinajstić information content (AvgIpc) is 2.94. The molecule has 17 heavy (non-hydrogen) atoms. The highest BCUT2D eigenvalue weighted by molar-refractivity contribution is 5.46. The van der Waals surface area contributed by atoms with Gasteiger partial charge in [-0.05, 0) is 44.4 Å². The number of anilines is 1. The van der Waals surface area contributed by atoms with Gasteiger partial charge in [0.15, 0.2) is 0 Å². The molecule has 1 heterocycles. The third-order valence-electron chi connectivity index (χ3n) is 4.37. The van der Waals surface area contributed by atoms with E-state index in [2.05, 4.69) is 42.6 Å². The van der Waals surface area contributed by atoms with Crippen molar-refractivity contribution in [1.82, 2.24) is 9.78 Å². The Bertz CT molecular complexity index is 446. The second-order valence-corrected chi connectivity index (χ2v) is 5.68. The van der Waals surface area contributed by atoms with Crippen LogP contribution in [-0.4, -0.2) is 15.8 Å². The molecule has 2 aliphatic carbocycles. The van der Waals surface area contributed by atoms with Crippen LogP contribution in [0.15, 0.2) is 18.3 Å². The minimum Gasteiger partial charge on any atom is -0.380 e. The lowest BCUT2D eigenvalue weighted by Gasteiger charge is -2.26. The summed E-state index contributed by atoms with van der Waals surface area (Å²) < 4.78 is 1.88. The highest BCUT2D eigenvalue weighted by atomic mass is 15.3. The predicted octanol–water partition coefficient (Wildman–Crippen LogP) is 2.74. The van der Waals surface area contributed by atoms with Gasteiger partial charge in [-0.15, -0.1) is 0 Å². The van der Waals surface area contributed by atoms with E-state index in [1.54, 1.807) is 0 Å². The first-order valence-corrected chi connectivity index (χ1v) is 6.58. The molecule has 0 aromatic carbocycles. The Morgan fingerprint density at radius 2 is 2.24 bits per heavy atom. The van der Waals surface area contributed by atoms with E-state index < -0.39 is 0 Å². The first-order valence-electron chi connectivity index (χ1n) is 6.58. The normalized spacial score (nSPS) is 32.1. The third kappa shape index (κ3) is 1.88. The lowest BCUT2D eigenvalue weighted by Crippen LogP contribution is -2.28. The number of aryl methyl sites for hydroxylation is 2. The summed E-state index contributed by atoms with van der Waals surface area (Å²) >= 11 is 0. The molecular formula is C14H21N3. The summed E-state index contributed by atoms with van der Waals surface area (Å²) in [7, 11) is 1.98. The molecule has 3 rings (SSSR count). The number of allylic oxidation sites excluding steroid dienone is 2. The SMILES string of the molecule is Cc1nn(C)cc1NC(C)C1CC2C=CC1C2. The Labute approximate surface area is 103 Å². The van der Waals surface area contributed by atoms with E-state index in [9.17, 15) is 0 Å². The number of nitrogens with zero attached hydrogens (tertiary/aromatic N) is 2. The molecule has 3 nitrogen and oxygen atoms in total. The summed E-state index contributed by atoms with van der Waals surface area (Å²) in [5.41, 5.74) is 2.28. The Morgan fingerprint density at radius 1 is 1.41 bits per heavy atom. The fraction of sp³-hybridized carbons (Fsp3) is 0.643. The molecule has 0 radical (unpaired) electrons. The molecule has 1 saturated carbocycles. The van der Waals surface area contributed by atoms with Crippen LogP contribution in [0.4, 0.5) is 5.69 Å². The van der Waals surface area contributed by atoms with Crippen molar-refractivity contribution in [2.75, 3.05) is 5.32 Å². The summed E-state index contributed by atoms with van der Waals surface area (Å²) in [6.45, 7) is 4.38. The second-order valence-electron chi connectivity index (χ2n) is 5.68. The van der Waals surface area contributed by atoms with Crippen LogP contribution in [0.3, 0.4) is 0 Å². The van der Waals surface area contributed by atoms with E-state index >= 15 is 0 Å². The molecule has 2 aliphatic rings. The van der Waals surface area contributed by atoms with Crippen LogP contribution < -0.4 is 5.32 Å². The number of hydrogen-bond donors (Lipinski definition) is 1. The van der Waals surface area contributed by atoms with Gasteiger partial charge in [-0.2, -0.15) is 5.10 Å². The highest BCUT2D eigenvalue weighted by Gasteiger charge is 2.38. The van der Waals surface area contributed by atoms with Crippen molar-refractivity contribution in [3.8, 4) is 0 Å². The molecule has 1 fully saturated rings. The van der Waals surface area contributed by atoms with Crippen LogP contribution >= 0.6 is 0 Å². The van der Waals surface area contributed by atoms with E-state index in [1.807, 2.05) is 11.7 Å². The summed E-state index contributed by atoms with van der Waals surface area (Å²) in [6.07, 6.45) is 9.64. The number of rotatable bonds is 3. The lowest BCUT2D eigenvalue weighted by molar-refractivity contribution is 0.400. The van der Waals surface area contributed by atoms with Crippen LogP contribution in [0.5, 0.6) is 0 Å². The zero-order valence-corrected chi connectivity index (χ0v) is 10.9. The predicted molar refractivity (Wildman–Crippen MR) is 69.9 cm³/mol. The molecule has 3 heteroatoms. The maximum atomic E-state index is 4.38. The van der Waals surface area contributed by atoms with Crippen LogP contribution in [0.25, 0.3) is 0 Å². The Hall–Kier alpha value is -1.25. The van der Waals surface area contributed by atoms with Crippen LogP contribution in [0.1, 0.15) is 25.5 Å². The van der Waals surface area contributed by atoms with Crippen molar-refractivity contribution >= 4 is 5.69 Å². The number of aromatic nitrogens is 2. The van der Waals surface area contributed by atoms with Gasteiger partial charge in [0.25, 0.3) is 0 Å². The van der Waals surface area contributed by atoms with Gasteiger partial charge in [-0.25, -0.2) is 0 Å². The molecule has 1 aromatic heterocycles. The van der Waals surface area contributed by atoms with E-state index in [0.29, 0.717) is 6.04 Å². The molecule has 2 bridgehead atoms. The van der Waals surface area contributed by atoms with Crippen molar-refractivity contribution in [1.29, 1.82) is 0 Å². The molecule has 4 atom stereocenters. The van der Waals surface area contributed by atoms with Gasteiger partial charge in [-0.1, -0.05) is 12.2 Å². The molecule has 92 valence electrons. The van der Waals surface area contributed by atoms with Gasteiger partial charge in [-0.3, -0.25) is 4.68 Å². The Morgan fingerprint density at radius 3 is 2.76 bits per heavy atom. The van der Waals surface area contributed by atoms with Crippen LogP contribution in [0, 0.1) is 24.7 Å². The van der Waals surface area contributed by atoms with Crippen molar-refractivity contribution in [2.24, 2.45) is 24.8 Å². The fourth-order valence-electron chi connectivity index (χ4n) is 3.49. The van der Waals surface area contributed by atoms with Crippen molar-refractivity contribution in [3.63, 3.8) is 0 Å². The van der Waals surface area contributed by atoms with Gasteiger partial charge >= 0.3 is 0 Å². The first-order chi connectivity index (χ1) is 8.13. The smallest absolute Gasteiger partial charge is 0.0825 e. The fourth-order valence-corrected chi connectivity index (χ4v) is 3.49. The molecule has 0 amide bonds. The van der Waals surface area contributed by atoms with E-state index in [0.717, 1.165) is 23.4 Å². The molecule has 1 N–H and O–H groups in total. The Balaban J connectivity index is 1.69. The lowest BCUT2D eigenvalue weighted by atomic mass is 9.87. The minimum absolute atomic E-state index is 0.540. The summed E-state index contributed by atoms with van der Waals surface area (Å²) in [6, 6.07) is 0.540. The van der Waals surface area contributed by atoms with E-state index in [1.165, 1.54) is 18.5 Å². The summed E-state index contributed by atoms with van der Waals surface area (Å²) in [5, 5.41) is 8.02. The Kier molecular flexibility index (Phi) is 2.49. The van der Waals surface area contributed by atoms with Gasteiger partial charge < -0.3 is 5.32 Å². The maximum absolute atomic E-state index is 4.38. The number of fused-ring (bicyclic) bond motifs is 2. The maximum Gasteiger partial charge on any atom is 0.0825 e. The molecular weight excluding hydrogens is 210 g/mol. The van der Waals surface area contributed by atoms with E-state index in [-0.39, 0.29) is 0 Å². The van der Waals surface area contributed by atoms with E-state index in [4.69, 9.17) is 0 Å². The zero-order chi connectivity index (χ0) is 12.0.